The van der Waals surface area contributed by atoms with Crippen molar-refractivity contribution < 1.29 is 13.2 Å². The van der Waals surface area contributed by atoms with E-state index in [-0.39, 0.29) is 17.9 Å². The van der Waals surface area contributed by atoms with Crippen LogP contribution in [-0.2, 0) is 0 Å². The van der Waals surface area contributed by atoms with Gasteiger partial charge in [-0.15, -0.1) is 0 Å². The molecule has 0 bridgehead atoms. The van der Waals surface area contributed by atoms with Crippen molar-refractivity contribution in [2.24, 2.45) is 5.92 Å². The summed E-state index contributed by atoms with van der Waals surface area (Å²) in [6.07, 6.45) is 0.651. The maximum Gasteiger partial charge on any atom is 0.266 e. The highest BCUT2D eigenvalue weighted by Crippen LogP contribution is 2.39. The van der Waals surface area contributed by atoms with Gasteiger partial charge in [-0.25, -0.2) is 23.1 Å². The fourth-order valence-corrected chi connectivity index (χ4v) is 3.89. The zero-order valence-corrected chi connectivity index (χ0v) is 16.2. The Labute approximate surface area is 170 Å². The summed E-state index contributed by atoms with van der Waals surface area (Å²) in [6.45, 7) is 1.35. The van der Waals surface area contributed by atoms with E-state index in [9.17, 15) is 18.4 Å². The number of rotatable bonds is 2. The van der Waals surface area contributed by atoms with E-state index in [0.717, 1.165) is 11.9 Å². The summed E-state index contributed by atoms with van der Waals surface area (Å²) < 4.78 is 43.0. The van der Waals surface area contributed by atoms with Gasteiger partial charge in [-0.1, -0.05) is 29.8 Å². The van der Waals surface area contributed by atoms with Gasteiger partial charge in [0, 0.05) is 18.0 Å². The van der Waals surface area contributed by atoms with Crippen LogP contribution in [0.15, 0.2) is 36.7 Å². The summed E-state index contributed by atoms with van der Waals surface area (Å²) in [4.78, 5) is 9.59. The van der Waals surface area contributed by atoms with Gasteiger partial charge < -0.3 is 4.90 Å². The molecule has 0 aliphatic carbocycles. The summed E-state index contributed by atoms with van der Waals surface area (Å²) in [5.41, 5.74) is 2.20. The Bertz CT molecular complexity index is 1140. The summed E-state index contributed by atoms with van der Waals surface area (Å²) in [6, 6.07) is 10.2. The third-order valence-electron chi connectivity index (χ3n) is 5.09. The molecule has 0 spiro atoms. The molecule has 1 atom stereocenters. The first kappa shape index (κ1) is 19.5. The average molecular weight is 417 g/mol. The number of aromatic nitrogens is 2. The first-order valence-corrected chi connectivity index (χ1v) is 9.39. The lowest BCUT2D eigenvalue weighted by Crippen LogP contribution is -2.47. The molecular formula is C21H16ClF3N4. The Morgan fingerprint density at radius 3 is 2.76 bits per heavy atom. The molecule has 2 aromatic carbocycles. The molecule has 1 aliphatic rings. The number of piperidine rings is 1. The molecule has 2 heterocycles. The lowest BCUT2D eigenvalue weighted by molar-refractivity contribution is -0.0216. The predicted octanol–water partition coefficient (Wildman–Crippen LogP) is 5.38. The third kappa shape index (κ3) is 3.60. The van der Waals surface area contributed by atoms with Crippen molar-refractivity contribution in [3.63, 3.8) is 0 Å². The van der Waals surface area contributed by atoms with Crippen LogP contribution in [0.4, 0.5) is 19.0 Å². The third-order valence-corrected chi connectivity index (χ3v) is 5.50. The Morgan fingerprint density at radius 1 is 1.24 bits per heavy atom. The fraction of sp³-hybridized carbons (Fsp3) is 0.286. The van der Waals surface area contributed by atoms with Crippen LogP contribution in [0.2, 0.25) is 5.02 Å². The highest BCUT2D eigenvalue weighted by molar-refractivity contribution is 6.31. The van der Waals surface area contributed by atoms with Crippen LogP contribution >= 0.6 is 11.6 Å². The van der Waals surface area contributed by atoms with Gasteiger partial charge in [0.1, 0.15) is 23.5 Å². The van der Waals surface area contributed by atoms with Crippen molar-refractivity contribution in [1.29, 1.82) is 5.26 Å². The zero-order valence-electron chi connectivity index (χ0n) is 15.5. The van der Waals surface area contributed by atoms with Gasteiger partial charge in [0.15, 0.2) is 0 Å². The van der Waals surface area contributed by atoms with E-state index in [2.05, 4.69) is 9.97 Å². The second-order valence-electron chi connectivity index (χ2n) is 7.25. The minimum atomic E-state index is -3.05. The molecule has 8 heteroatoms. The van der Waals surface area contributed by atoms with E-state index in [1.807, 2.05) is 25.1 Å². The summed E-state index contributed by atoms with van der Waals surface area (Å²) in [5, 5.41) is 10.1. The van der Waals surface area contributed by atoms with Crippen LogP contribution in [0.5, 0.6) is 0 Å². The zero-order chi connectivity index (χ0) is 20.8. The highest BCUT2D eigenvalue weighted by Gasteiger charge is 2.41. The van der Waals surface area contributed by atoms with Crippen LogP contribution in [0.25, 0.3) is 22.0 Å². The molecule has 0 radical (unpaired) electrons. The lowest BCUT2D eigenvalue weighted by Gasteiger charge is -2.36. The number of fused-ring (bicyclic) bond motifs is 1. The van der Waals surface area contributed by atoms with Gasteiger partial charge in [-0.05, 0) is 35.7 Å². The smallest absolute Gasteiger partial charge is 0.266 e. The van der Waals surface area contributed by atoms with Crippen LogP contribution in [-0.4, -0.2) is 29.0 Å². The molecule has 0 saturated carbocycles. The number of hydrogen-bond donors (Lipinski definition) is 0. The van der Waals surface area contributed by atoms with Gasteiger partial charge in [0.05, 0.1) is 23.9 Å². The fourth-order valence-electron chi connectivity index (χ4n) is 3.71. The van der Waals surface area contributed by atoms with Gasteiger partial charge in [-0.2, -0.15) is 5.26 Å². The van der Waals surface area contributed by atoms with E-state index >= 15 is 0 Å². The second kappa shape index (κ2) is 7.20. The van der Waals surface area contributed by atoms with Gasteiger partial charge in [-0.3, -0.25) is 0 Å². The van der Waals surface area contributed by atoms with Crippen LogP contribution in [0, 0.1) is 30.0 Å². The van der Waals surface area contributed by atoms with Crippen LogP contribution < -0.4 is 4.90 Å². The Hall–Kier alpha value is -2.85. The van der Waals surface area contributed by atoms with Gasteiger partial charge in [0.2, 0.25) is 0 Å². The molecule has 1 aliphatic heterocycles. The summed E-state index contributed by atoms with van der Waals surface area (Å²) in [7, 11) is 0. The van der Waals surface area contributed by atoms with E-state index in [1.54, 1.807) is 12.1 Å². The molecule has 0 N–H and O–H groups in total. The molecule has 3 aromatic rings. The molecule has 148 valence electrons. The summed E-state index contributed by atoms with van der Waals surface area (Å²) in [5.74, 6) is -4.29. The lowest BCUT2D eigenvalue weighted by atomic mass is 9.95. The molecule has 1 unspecified atom stereocenters. The number of alkyl halides is 2. The maximum atomic E-state index is 14.5. The number of aryl methyl sites for hydroxylation is 1. The molecule has 4 nitrogen and oxygen atoms in total. The Kier molecular flexibility index (Phi) is 4.83. The van der Waals surface area contributed by atoms with Crippen molar-refractivity contribution in [3.8, 4) is 17.2 Å². The van der Waals surface area contributed by atoms with Crippen molar-refractivity contribution in [3.05, 3.63) is 53.1 Å². The number of anilines is 1. The molecular weight excluding hydrogens is 401 g/mol. The molecule has 29 heavy (non-hydrogen) atoms. The van der Waals surface area contributed by atoms with Crippen molar-refractivity contribution >= 4 is 28.3 Å². The standard InChI is InChI=1S/C21H16ClF3N4/c1-12-2-3-14(6-16(12)22)15-4-5-17(23)19-18(15)20(28-11-27-19)29-9-13(8-26)7-21(24,25)10-29/h2-6,11,13H,7,9-10H2,1H3. The first-order valence-electron chi connectivity index (χ1n) is 9.01. The van der Waals surface area contributed by atoms with Crippen molar-refractivity contribution in [1.82, 2.24) is 9.97 Å². The van der Waals surface area contributed by atoms with Crippen LogP contribution in [0.3, 0.4) is 0 Å². The van der Waals surface area contributed by atoms with Gasteiger partial charge >= 0.3 is 0 Å². The number of nitriles is 1. The molecule has 1 aromatic heterocycles. The number of benzene rings is 2. The van der Waals surface area contributed by atoms with E-state index < -0.39 is 30.6 Å². The van der Waals surface area contributed by atoms with Crippen molar-refractivity contribution in [2.45, 2.75) is 19.3 Å². The summed E-state index contributed by atoms with van der Waals surface area (Å²) >= 11 is 6.26. The minimum Gasteiger partial charge on any atom is -0.349 e. The minimum absolute atomic E-state index is 0.0339. The van der Waals surface area contributed by atoms with Crippen LogP contribution in [0.1, 0.15) is 12.0 Å². The monoisotopic (exact) mass is 416 g/mol. The van der Waals surface area contributed by atoms with Crippen molar-refractivity contribution in [2.75, 3.05) is 18.0 Å². The second-order valence-corrected chi connectivity index (χ2v) is 7.65. The quantitative estimate of drug-likeness (QED) is 0.562. The molecule has 1 fully saturated rings. The molecule has 1 saturated heterocycles. The Morgan fingerprint density at radius 2 is 2.03 bits per heavy atom. The van der Waals surface area contributed by atoms with E-state index in [4.69, 9.17) is 11.6 Å². The first-order chi connectivity index (χ1) is 13.8. The highest BCUT2D eigenvalue weighted by atomic mass is 35.5. The normalized spacial score (nSPS) is 18.6. The van der Waals surface area contributed by atoms with Gasteiger partial charge in [0.25, 0.3) is 5.92 Å². The largest absolute Gasteiger partial charge is 0.349 e. The number of halogens is 4. The average Bonchev–Trinajstić information content (AvgIpc) is 2.69. The maximum absolute atomic E-state index is 14.5. The predicted molar refractivity (Wildman–Crippen MR) is 106 cm³/mol. The number of nitrogens with zero attached hydrogens (tertiary/aromatic N) is 4. The SMILES string of the molecule is Cc1ccc(-c2ccc(F)c3ncnc(N4CC(C#N)CC(F)(F)C4)c23)cc1Cl. The number of hydrogen-bond acceptors (Lipinski definition) is 4. The topological polar surface area (TPSA) is 52.8 Å². The molecule has 4 rings (SSSR count). The Balaban J connectivity index is 1.95. The van der Waals surface area contributed by atoms with E-state index in [0.29, 0.717) is 21.5 Å². The van der Waals surface area contributed by atoms with E-state index in [1.165, 1.54) is 11.0 Å². The molecule has 0 amide bonds.